The molecule has 0 amide bonds. The van der Waals surface area contributed by atoms with Gasteiger partial charge >= 0.3 is 5.69 Å². The molecule has 3 rings (SSSR count). The Labute approximate surface area is 190 Å². The van der Waals surface area contributed by atoms with Gasteiger partial charge in [0, 0.05) is 13.6 Å². The molecule has 2 aliphatic rings. The lowest BCUT2D eigenvalue weighted by Crippen LogP contribution is -2.36. The standard InChI is InChI=1S/C19H33N7O7/c1-4-30-11(2)24-31-8-6-5-7-25(3)32-9-12-14(27)15(28)18(33-12)26-17-13(23-19(26)29)16(20)21-10-22-17/h12,14-15,18,22,24,27-28H,2,4-10H2,1,3H3,(H2,20,21)(H,23,29)/t12-,14-,15-,18-/m1/s1. The highest BCUT2D eigenvalue weighted by molar-refractivity contribution is 6.01. The van der Waals surface area contributed by atoms with E-state index >= 15 is 0 Å². The molecule has 1 saturated heterocycles. The summed E-state index contributed by atoms with van der Waals surface area (Å²) in [6.07, 6.45) is -2.96. The second kappa shape index (κ2) is 11.5. The Bertz CT molecular complexity index is 886. The van der Waals surface area contributed by atoms with Gasteiger partial charge < -0.3 is 35.7 Å². The van der Waals surface area contributed by atoms with Gasteiger partial charge in [-0.3, -0.25) is 9.68 Å². The first-order chi connectivity index (χ1) is 15.8. The molecule has 2 aliphatic heterocycles. The van der Waals surface area contributed by atoms with Crippen molar-refractivity contribution in [3.63, 3.8) is 0 Å². The smallest absolute Gasteiger partial charge is 0.329 e. The highest BCUT2D eigenvalue weighted by atomic mass is 16.7. The van der Waals surface area contributed by atoms with Crippen LogP contribution in [-0.2, 0) is 19.1 Å². The summed E-state index contributed by atoms with van der Waals surface area (Å²) in [4.78, 5) is 29.9. The maximum absolute atomic E-state index is 12.4. The third kappa shape index (κ3) is 6.04. The largest absolute Gasteiger partial charge is 0.478 e. The minimum atomic E-state index is -1.33. The van der Waals surface area contributed by atoms with Crippen LogP contribution in [0.1, 0.15) is 31.7 Å². The van der Waals surface area contributed by atoms with Gasteiger partial charge in [-0.05, 0) is 26.3 Å². The predicted octanol–water partition coefficient (Wildman–Crippen LogP) is -1.44. The number of ether oxygens (including phenoxy) is 2. The predicted molar refractivity (Wildman–Crippen MR) is 118 cm³/mol. The molecule has 14 nitrogen and oxygen atoms in total. The Morgan fingerprint density at radius 2 is 2.21 bits per heavy atom. The molecule has 186 valence electrons. The van der Waals surface area contributed by atoms with Gasteiger partial charge in [0.1, 0.15) is 42.3 Å². The zero-order valence-corrected chi connectivity index (χ0v) is 18.8. The molecule has 0 aliphatic carbocycles. The van der Waals surface area contributed by atoms with E-state index in [0.717, 1.165) is 12.8 Å². The summed E-state index contributed by atoms with van der Waals surface area (Å²) in [6, 6.07) is 0. The molecule has 4 atom stereocenters. The fraction of sp³-hybridized carbons (Fsp3) is 0.684. The van der Waals surface area contributed by atoms with Gasteiger partial charge in [-0.2, -0.15) is 5.06 Å². The first-order valence-corrected chi connectivity index (χ1v) is 10.8. The average Bonchev–Trinajstić information content (AvgIpc) is 3.26. The van der Waals surface area contributed by atoms with Gasteiger partial charge in [-0.25, -0.2) is 19.8 Å². The van der Waals surface area contributed by atoms with E-state index in [1.807, 2.05) is 6.92 Å². The molecule has 0 saturated carbocycles. The summed E-state index contributed by atoms with van der Waals surface area (Å²) in [5.41, 5.74) is 8.21. The highest BCUT2D eigenvalue weighted by Gasteiger charge is 2.46. The number of amidine groups is 1. The minimum Gasteiger partial charge on any atom is -0.478 e. The Morgan fingerprint density at radius 3 is 2.97 bits per heavy atom. The number of imidazole rings is 1. The molecular weight excluding hydrogens is 438 g/mol. The van der Waals surface area contributed by atoms with E-state index in [9.17, 15) is 15.0 Å². The fourth-order valence-electron chi connectivity index (χ4n) is 3.52. The van der Waals surface area contributed by atoms with E-state index in [1.54, 1.807) is 12.1 Å². The van der Waals surface area contributed by atoms with Crippen molar-refractivity contribution in [3.05, 3.63) is 28.6 Å². The monoisotopic (exact) mass is 471 g/mol. The number of aliphatic hydroxyl groups is 2. The van der Waals surface area contributed by atoms with Crippen molar-refractivity contribution < 1.29 is 29.4 Å². The number of nitrogens with zero attached hydrogens (tertiary/aromatic N) is 3. The summed E-state index contributed by atoms with van der Waals surface area (Å²) >= 11 is 0. The van der Waals surface area contributed by atoms with Crippen molar-refractivity contribution in [2.24, 2.45) is 10.7 Å². The molecule has 1 aromatic heterocycles. The number of unbranched alkanes of at least 4 members (excludes halogenated alkanes) is 1. The zero-order chi connectivity index (χ0) is 24.0. The number of nitrogens with one attached hydrogen (secondary N) is 3. The molecular formula is C19H33N7O7. The van der Waals surface area contributed by atoms with Gasteiger partial charge in [-0.1, -0.05) is 0 Å². The number of nitrogens with two attached hydrogens (primary N) is 1. The van der Waals surface area contributed by atoms with Crippen molar-refractivity contribution in [3.8, 4) is 0 Å². The molecule has 7 N–H and O–H groups in total. The number of aliphatic imine (C=N–C) groups is 1. The molecule has 0 bridgehead atoms. The average molecular weight is 472 g/mol. The number of aromatic nitrogens is 2. The van der Waals surface area contributed by atoms with Gasteiger partial charge in [-0.15, -0.1) is 0 Å². The van der Waals surface area contributed by atoms with E-state index in [2.05, 4.69) is 27.4 Å². The van der Waals surface area contributed by atoms with Crippen molar-refractivity contribution in [1.29, 1.82) is 0 Å². The minimum absolute atomic E-state index is 0.00411. The highest BCUT2D eigenvalue weighted by Crippen LogP contribution is 2.32. The van der Waals surface area contributed by atoms with Crippen LogP contribution in [0.3, 0.4) is 0 Å². The van der Waals surface area contributed by atoms with Crippen LogP contribution in [0.25, 0.3) is 0 Å². The molecule has 1 fully saturated rings. The Balaban J connectivity index is 1.43. The fourth-order valence-corrected chi connectivity index (χ4v) is 3.52. The quantitative estimate of drug-likeness (QED) is 0.113. The Kier molecular flexibility index (Phi) is 8.71. The third-order valence-electron chi connectivity index (χ3n) is 5.21. The van der Waals surface area contributed by atoms with Crippen LogP contribution in [-0.4, -0.2) is 89.1 Å². The number of hydroxylamine groups is 3. The summed E-state index contributed by atoms with van der Waals surface area (Å²) in [6.45, 7) is 7.27. The summed E-state index contributed by atoms with van der Waals surface area (Å²) in [5.74, 6) is 0.891. The molecule has 14 heteroatoms. The van der Waals surface area contributed by atoms with Crippen molar-refractivity contribution in [2.75, 3.05) is 45.4 Å². The Hall–Kier alpha value is -2.62. The number of anilines is 1. The number of H-pyrrole nitrogens is 1. The zero-order valence-electron chi connectivity index (χ0n) is 18.8. The summed E-state index contributed by atoms with van der Waals surface area (Å²) < 4.78 is 12.1. The summed E-state index contributed by atoms with van der Waals surface area (Å²) in [7, 11) is 1.75. The van der Waals surface area contributed by atoms with Crippen LogP contribution in [0.2, 0.25) is 0 Å². The number of hydrogen-bond acceptors (Lipinski definition) is 12. The Morgan fingerprint density at radius 1 is 1.42 bits per heavy atom. The van der Waals surface area contributed by atoms with E-state index in [0.29, 0.717) is 37.2 Å². The lowest BCUT2D eigenvalue weighted by atomic mass is 10.1. The first kappa shape index (κ1) is 25.0. The molecule has 0 spiro atoms. The normalized spacial score (nSPS) is 24.3. The van der Waals surface area contributed by atoms with Crippen molar-refractivity contribution in [2.45, 2.75) is 44.3 Å². The maximum Gasteiger partial charge on any atom is 0.329 e. The van der Waals surface area contributed by atoms with Crippen molar-refractivity contribution >= 4 is 11.7 Å². The third-order valence-corrected chi connectivity index (χ3v) is 5.21. The maximum atomic E-state index is 12.4. The van der Waals surface area contributed by atoms with Crippen LogP contribution < -0.4 is 22.2 Å². The summed E-state index contributed by atoms with van der Waals surface area (Å²) in [5, 5.41) is 25.5. The molecule has 33 heavy (non-hydrogen) atoms. The lowest BCUT2D eigenvalue weighted by Gasteiger charge is -2.21. The lowest BCUT2D eigenvalue weighted by molar-refractivity contribution is -0.179. The van der Waals surface area contributed by atoms with E-state index in [-0.39, 0.29) is 19.1 Å². The van der Waals surface area contributed by atoms with Crippen LogP contribution in [0.5, 0.6) is 0 Å². The molecule has 3 heterocycles. The van der Waals surface area contributed by atoms with Gasteiger partial charge in [0.05, 0.1) is 19.8 Å². The van der Waals surface area contributed by atoms with E-state index in [4.69, 9.17) is 24.9 Å². The second-order valence-corrected chi connectivity index (χ2v) is 7.61. The topological polar surface area (TPSA) is 181 Å². The second-order valence-electron chi connectivity index (χ2n) is 7.61. The molecule has 0 radical (unpaired) electrons. The van der Waals surface area contributed by atoms with E-state index < -0.39 is 30.2 Å². The SMILES string of the molecule is C=C(NOCCCCN(C)OC[C@H]1O[C@@H](n2c3c([nH]c2=O)C(N)=NCN3)[C@H](O)[C@@H]1O)OCC. The number of hydrogen-bond donors (Lipinski definition) is 6. The van der Waals surface area contributed by atoms with Crippen LogP contribution in [0.15, 0.2) is 22.2 Å². The molecule has 1 aromatic rings. The van der Waals surface area contributed by atoms with E-state index in [1.165, 1.54) is 4.57 Å². The van der Waals surface area contributed by atoms with Crippen LogP contribution in [0.4, 0.5) is 5.82 Å². The van der Waals surface area contributed by atoms with Crippen LogP contribution in [0, 0.1) is 0 Å². The van der Waals surface area contributed by atoms with Crippen LogP contribution >= 0.6 is 0 Å². The number of rotatable bonds is 13. The van der Waals surface area contributed by atoms with Crippen molar-refractivity contribution in [1.82, 2.24) is 20.1 Å². The van der Waals surface area contributed by atoms with Gasteiger partial charge in [0.2, 0.25) is 5.88 Å². The number of fused-ring (bicyclic) bond motifs is 1. The molecule has 0 unspecified atom stereocenters. The number of aliphatic hydroxyl groups excluding tert-OH is 2. The first-order valence-electron chi connectivity index (χ1n) is 10.8. The van der Waals surface area contributed by atoms with Gasteiger partial charge in [0.25, 0.3) is 0 Å². The van der Waals surface area contributed by atoms with Gasteiger partial charge in [0.15, 0.2) is 6.23 Å². The molecule has 0 aromatic carbocycles. The number of aromatic amines is 1.